The predicted octanol–water partition coefficient (Wildman–Crippen LogP) is 1.43. The summed E-state index contributed by atoms with van der Waals surface area (Å²) in [4.78, 5) is 2.36. The molecule has 114 valence electrons. The maximum Gasteiger partial charge on any atom is 0.175 e. The molecule has 0 aromatic heterocycles. The van der Waals surface area contributed by atoms with Gasteiger partial charge in [0.25, 0.3) is 0 Å². The van der Waals surface area contributed by atoms with Crippen LogP contribution in [0.1, 0.15) is 11.6 Å². The first-order valence-corrected chi connectivity index (χ1v) is 8.22. The van der Waals surface area contributed by atoms with Gasteiger partial charge in [0.2, 0.25) is 0 Å². The lowest BCUT2D eigenvalue weighted by Crippen LogP contribution is -2.45. The van der Waals surface area contributed by atoms with Gasteiger partial charge in [-0.25, -0.2) is 12.8 Å². The topological polar surface area (TPSA) is 49.4 Å². The average molecular weight is 323 g/mol. The van der Waals surface area contributed by atoms with Crippen molar-refractivity contribution in [2.45, 2.75) is 10.9 Å². The van der Waals surface area contributed by atoms with E-state index in [1.165, 1.54) is 6.26 Å². The van der Waals surface area contributed by atoms with E-state index in [2.05, 4.69) is 10.2 Å². The van der Waals surface area contributed by atoms with Gasteiger partial charge in [0, 0.05) is 32.4 Å². The van der Waals surface area contributed by atoms with Crippen LogP contribution in [0.3, 0.4) is 0 Å². The van der Waals surface area contributed by atoms with Gasteiger partial charge in [0.15, 0.2) is 9.84 Å². The van der Waals surface area contributed by atoms with E-state index in [-0.39, 0.29) is 23.3 Å². The summed E-state index contributed by atoms with van der Waals surface area (Å²) in [5.41, 5.74) is 0.830. The quantitative estimate of drug-likeness (QED) is 0.911. The van der Waals surface area contributed by atoms with Crippen molar-refractivity contribution in [2.24, 2.45) is 0 Å². The molecule has 0 spiro atoms. The molecule has 1 saturated heterocycles. The van der Waals surface area contributed by atoms with E-state index in [0.717, 1.165) is 31.7 Å². The second-order valence-corrected chi connectivity index (χ2v) is 6.81. The van der Waals surface area contributed by atoms with Gasteiger partial charge in [0.1, 0.15) is 6.67 Å². The zero-order chi connectivity index (χ0) is 13.9. The summed E-state index contributed by atoms with van der Waals surface area (Å²) in [5, 5.41) is 3.23. The molecule has 20 heavy (non-hydrogen) atoms. The normalized spacial score (nSPS) is 18.3. The largest absolute Gasteiger partial charge is 0.314 e. The first-order valence-electron chi connectivity index (χ1n) is 6.33. The maximum atomic E-state index is 13.3. The Hall–Kier alpha value is -0.690. The molecular weight excluding hydrogens is 303 g/mol. The molecule has 4 nitrogen and oxygen atoms in total. The summed E-state index contributed by atoms with van der Waals surface area (Å²) in [6.45, 7) is 2.87. The monoisotopic (exact) mass is 322 g/mol. The van der Waals surface area contributed by atoms with Crippen LogP contribution in [0.2, 0.25) is 0 Å². The fourth-order valence-corrected chi connectivity index (χ4v) is 2.96. The van der Waals surface area contributed by atoms with Crippen LogP contribution < -0.4 is 5.32 Å². The highest BCUT2D eigenvalue weighted by Gasteiger charge is 2.22. The number of halogens is 2. The number of nitrogens with zero attached hydrogens (tertiary/aromatic N) is 1. The summed E-state index contributed by atoms with van der Waals surface area (Å²) >= 11 is 0. The molecule has 1 aromatic rings. The molecular formula is C13H20ClFN2O2S. The average Bonchev–Trinajstić information content (AvgIpc) is 2.40. The molecule has 2 rings (SSSR count). The molecule has 0 aliphatic carbocycles. The van der Waals surface area contributed by atoms with E-state index in [1.54, 1.807) is 24.3 Å². The zero-order valence-electron chi connectivity index (χ0n) is 11.4. The van der Waals surface area contributed by atoms with Crippen molar-refractivity contribution < 1.29 is 12.8 Å². The molecule has 0 bridgehead atoms. The van der Waals surface area contributed by atoms with Crippen LogP contribution in [0.4, 0.5) is 4.39 Å². The first kappa shape index (κ1) is 17.4. The molecule has 7 heteroatoms. The minimum atomic E-state index is -3.19. The van der Waals surface area contributed by atoms with E-state index in [0.29, 0.717) is 0 Å². The third-order valence-corrected chi connectivity index (χ3v) is 4.56. The van der Waals surface area contributed by atoms with Gasteiger partial charge in [-0.3, -0.25) is 4.90 Å². The number of alkyl halides is 1. The summed E-state index contributed by atoms with van der Waals surface area (Å²) in [6.07, 6.45) is 1.17. The fraction of sp³-hybridized carbons (Fsp3) is 0.538. The van der Waals surface area contributed by atoms with Crippen LogP contribution in [0.15, 0.2) is 29.2 Å². The van der Waals surface area contributed by atoms with Gasteiger partial charge in [-0.2, -0.15) is 0 Å². The molecule has 0 radical (unpaired) electrons. The Morgan fingerprint density at radius 1 is 1.25 bits per heavy atom. The van der Waals surface area contributed by atoms with Crippen molar-refractivity contribution in [1.29, 1.82) is 0 Å². The highest BCUT2D eigenvalue weighted by molar-refractivity contribution is 7.90. The SMILES string of the molecule is CS(=O)(=O)c1ccc([C@H](CF)N2CCNCC2)cc1.Cl. The number of hydrogen-bond donors (Lipinski definition) is 1. The Kier molecular flexibility index (Phi) is 6.39. The van der Waals surface area contributed by atoms with Crippen LogP contribution in [0.5, 0.6) is 0 Å². The van der Waals surface area contributed by atoms with Crippen molar-refractivity contribution in [3.8, 4) is 0 Å². The van der Waals surface area contributed by atoms with Crippen LogP contribution in [-0.2, 0) is 9.84 Å². The molecule has 1 atom stereocenters. The van der Waals surface area contributed by atoms with E-state index in [1.807, 2.05) is 0 Å². The minimum absolute atomic E-state index is 0. The Bertz CT molecular complexity index is 516. The highest BCUT2D eigenvalue weighted by atomic mass is 35.5. The Morgan fingerprint density at radius 3 is 2.25 bits per heavy atom. The Balaban J connectivity index is 0.00000200. The van der Waals surface area contributed by atoms with Gasteiger partial charge < -0.3 is 5.32 Å². The van der Waals surface area contributed by atoms with E-state index < -0.39 is 16.5 Å². The van der Waals surface area contributed by atoms with Crippen LogP contribution in [0.25, 0.3) is 0 Å². The van der Waals surface area contributed by atoms with E-state index >= 15 is 0 Å². The van der Waals surface area contributed by atoms with Crippen molar-refractivity contribution in [3.05, 3.63) is 29.8 Å². The Morgan fingerprint density at radius 2 is 1.80 bits per heavy atom. The molecule has 1 fully saturated rings. The Labute approximate surface area is 125 Å². The number of nitrogens with one attached hydrogen (secondary N) is 1. The summed E-state index contributed by atoms with van der Waals surface area (Å²) in [5.74, 6) is 0. The van der Waals surface area contributed by atoms with Gasteiger partial charge in [-0.05, 0) is 17.7 Å². The fourth-order valence-electron chi connectivity index (χ4n) is 2.33. The molecule has 1 heterocycles. The maximum absolute atomic E-state index is 13.3. The van der Waals surface area contributed by atoms with Crippen LogP contribution in [0, 0.1) is 0 Å². The number of hydrogen-bond acceptors (Lipinski definition) is 4. The predicted molar refractivity (Wildman–Crippen MR) is 80.0 cm³/mol. The van der Waals surface area contributed by atoms with Crippen molar-refractivity contribution in [1.82, 2.24) is 10.2 Å². The second kappa shape index (κ2) is 7.36. The lowest BCUT2D eigenvalue weighted by atomic mass is 10.1. The van der Waals surface area contributed by atoms with Crippen molar-refractivity contribution >= 4 is 22.2 Å². The minimum Gasteiger partial charge on any atom is -0.314 e. The lowest BCUT2D eigenvalue weighted by Gasteiger charge is -2.33. The summed E-state index contributed by atoms with van der Waals surface area (Å²) in [7, 11) is -3.19. The smallest absolute Gasteiger partial charge is 0.175 e. The second-order valence-electron chi connectivity index (χ2n) is 4.80. The molecule has 1 N–H and O–H groups in total. The molecule has 0 unspecified atom stereocenters. The van der Waals surface area contributed by atoms with Crippen LogP contribution >= 0.6 is 12.4 Å². The third kappa shape index (κ3) is 4.15. The van der Waals surface area contributed by atoms with Gasteiger partial charge >= 0.3 is 0 Å². The zero-order valence-corrected chi connectivity index (χ0v) is 13.0. The molecule has 1 aromatic carbocycles. The number of benzene rings is 1. The molecule has 0 amide bonds. The van der Waals surface area contributed by atoms with Gasteiger partial charge in [-0.1, -0.05) is 12.1 Å². The first-order chi connectivity index (χ1) is 9.02. The molecule has 0 saturated carbocycles. The number of piperazine rings is 1. The third-order valence-electron chi connectivity index (χ3n) is 3.43. The summed E-state index contributed by atoms with van der Waals surface area (Å²) < 4.78 is 36.1. The van der Waals surface area contributed by atoms with Crippen molar-refractivity contribution in [3.63, 3.8) is 0 Å². The number of sulfone groups is 1. The van der Waals surface area contributed by atoms with Gasteiger partial charge in [0.05, 0.1) is 10.9 Å². The summed E-state index contributed by atoms with van der Waals surface area (Å²) in [6, 6.07) is 6.24. The highest BCUT2D eigenvalue weighted by Crippen LogP contribution is 2.23. The lowest BCUT2D eigenvalue weighted by molar-refractivity contribution is 0.147. The number of rotatable bonds is 4. The molecule has 1 aliphatic rings. The van der Waals surface area contributed by atoms with E-state index in [4.69, 9.17) is 0 Å². The van der Waals surface area contributed by atoms with Crippen molar-refractivity contribution in [2.75, 3.05) is 39.1 Å². The molecule has 1 aliphatic heterocycles. The van der Waals surface area contributed by atoms with Crippen LogP contribution in [-0.4, -0.2) is 52.4 Å². The standard InChI is InChI=1S/C13H19FN2O2S.ClH/c1-19(17,18)12-4-2-11(3-5-12)13(10-14)16-8-6-15-7-9-16;/h2-5,13,15H,6-10H2,1H3;1H/t13-;/m0./s1. The van der Waals surface area contributed by atoms with Gasteiger partial charge in [-0.15, -0.1) is 12.4 Å². The van der Waals surface area contributed by atoms with E-state index in [9.17, 15) is 12.8 Å².